The van der Waals surface area contributed by atoms with E-state index in [1.165, 1.54) is 13.2 Å². The summed E-state index contributed by atoms with van der Waals surface area (Å²) in [7, 11) is 1.47. The van der Waals surface area contributed by atoms with Crippen LogP contribution in [0, 0.1) is 5.82 Å². The van der Waals surface area contributed by atoms with Crippen LogP contribution < -0.4 is 10.5 Å². The van der Waals surface area contributed by atoms with E-state index >= 15 is 0 Å². The average Bonchev–Trinajstić information content (AvgIpc) is 2.22. The lowest BCUT2D eigenvalue weighted by molar-refractivity contribution is 0.265. The largest absolute Gasteiger partial charge is 0.497 e. The van der Waals surface area contributed by atoms with Gasteiger partial charge in [0, 0.05) is 18.5 Å². The second kappa shape index (κ2) is 4.93. The van der Waals surface area contributed by atoms with E-state index < -0.39 is 5.82 Å². The zero-order chi connectivity index (χ0) is 10.6. The lowest BCUT2D eigenvalue weighted by Gasteiger charge is -2.13. The normalized spacial score (nSPS) is 12.6. The number of aliphatic hydroxyl groups excluding tert-OH is 1. The van der Waals surface area contributed by atoms with E-state index in [-0.39, 0.29) is 19.1 Å². The first-order valence-corrected chi connectivity index (χ1v) is 4.37. The number of hydrogen-bond acceptors (Lipinski definition) is 3. The molecule has 1 aromatic carbocycles. The van der Waals surface area contributed by atoms with Crippen molar-refractivity contribution in [1.29, 1.82) is 0 Å². The van der Waals surface area contributed by atoms with Crippen molar-refractivity contribution in [2.45, 2.75) is 5.92 Å². The molecule has 1 rings (SSSR count). The number of benzene rings is 1. The molecule has 78 valence electrons. The Bertz CT molecular complexity index is 300. The summed E-state index contributed by atoms with van der Waals surface area (Å²) in [6.07, 6.45) is 0. The maximum atomic E-state index is 13.4. The van der Waals surface area contributed by atoms with E-state index in [1.807, 2.05) is 0 Å². The molecule has 0 saturated heterocycles. The maximum absolute atomic E-state index is 13.4. The lowest BCUT2D eigenvalue weighted by Crippen LogP contribution is -2.17. The van der Waals surface area contributed by atoms with Gasteiger partial charge in [0.05, 0.1) is 13.7 Å². The van der Waals surface area contributed by atoms with Crippen LogP contribution in [-0.2, 0) is 0 Å². The molecule has 0 bridgehead atoms. The van der Waals surface area contributed by atoms with Gasteiger partial charge in [0.15, 0.2) is 0 Å². The number of halogens is 1. The van der Waals surface area contributed by atoms with E-state index in [4.69, 9.17) is 15.6 Å². The molecule has 0 aliphatic heterocycles. The maximum Gasteiger partial charge on any atom is 0.130 e. The monoisotopic (exact) mass is 199 g/mol. The van der Waals surface area contributed by atoms with Gasteiger partial charge < -0.3 is 15.6 Å². The van der Waals surface area contributed by atoms with Gasteiger partial charge in [-0.3, -0.25) is 0 Å². The summed E-state index contributed by atoms with van der Waals surface area (Å²) in [6.45, 7) is 0.0689. The first-order valence-electron chi connectivity index (χ1n) is 4.37. The molecule has 1 atom stereocenters. The fourth-order valence-electron chi connectivity index (χ4n) is 1.27. The zero-order valence-electron chi connectivity index (χ0n) is 8.03. The molecule has 3 nitrogen and oxygen atoms in total. The topological polar surface area (TPSA) is 55.5 Å². The Hall–Kier alpha value is -1.13. The molecule has 14 heavy (non-hydrogen) atoms. The Morgan fingerprint density at radius 3 is 2.71 bits per heavy atom. The fourth-order valence-corrected chi connectivity index (χ4v) is 1.27. The minimum atomic E-state index is -0.395. The number of methoxy groups -OCH3 is 1. The quantitative estimate of drug-likeness (QED) is 0.756. The van der Waals surface area contributed by atoms with Gasteiger partial charge in [-0.15, -0.1) is 0 Å². The lowest BCUT2D eigenvalue weighted by atomic mass is 9.99. The van der Waals surface area contributed by atoms with Crippen molar-refractivity contribution in [2.24, 2.45) is 5.73 Å². The van der Waals surface area contributed by atoms with E-state index in [0.717, 1.165) is 0 Å². The van der Waals surface area contributed by atoms with E-state index in [9.17, 15) is 4.39 Å². The third-order valence-corrected chi connectivity index (χ3v) is 2.15. The Kier molecular flexibility index (Phi) is 3.85. The predicted octanol–water partition coefficient (Wildman–Crippen LogP) is 0.869. The first kappa shape index (κ1) is 10.9. The van der Waals surface area contributed by atoms with Crippen molar-refractivity contribution in [2.75, 3.05) is 20.3 Å². The summed E-state index contributed by atoms with van der Waals surface area (Å²) in [5.74, 6) is -0.283. The van der Waals surface area contributed by atoms with Gasteiger partial charge in [-0.1, -0.05) is 6.07 Å². The number of hydrogen-bond donors (Lipinski definition) is 2. The molecule has 3 N–H and O–H groups in total. The number of rotatable bonds is 4. The number of aliphatic hydroxyl groups is 1. The highest BCUT2D eigenvalue weighted by Crippen LogP contribution is 2.22. The highest BCUT2D eigenvalue weighted by Gasteiger charge is 2.13. The number of ether oxygens (including phenoxy) is 1. The number of nitrogens with two attached hydrogens (primary N) is 1. The molecular formula is C10H14FNO2. The van der Waals surface area contributed by atoms with Gasteiger partial charge in [-0.25, -0.2) is 4.39 Å². The van der Waals surface area contributed by atoms with Crippen molar-refractivity contribution < 1.29 is 14.2 Å². The van der Waals surface area contributed by atoms with Crippen LogP contribution in [0.4, 0.5) is 4.39 Å². The smallest absolute Gasteiger partial charge is 0.130 e. The average molecular weight is 199 g/mol. The van der Waals surface area contributed by atoms with Gasteiger partial charge in [0.1, 0.15) is 11.6 Å². The van der Waals surface area contributed by atoms with Gasteiger partial charge >= 0.3 is 0 Å². The van der Waals surface area contributed by atoms with Crippen LogP contribution in [-0.4, -0.2) is 25.4 Å². The van der Waals surface area contributed by atoms with Gasteiger partial charge in [0.2, 0.25) is 0 Å². The van der Waals surface area contributed by atoms with Crippen molar-refractivity contribution in [3.63, 3.8) is 0 Å². The van der Waals surface area contributed by atoms with Crippen molar-refractivity contribution in [3.05, 3.63) is 29.6 Å². The second-order valence-electron chi connectivity index (χ2n) is 3.00. The van der Waals surface area contributed by atoms with Crippen molar-refractivity contribution in [3.8, 4) is 5.75 Å². The molecule has 1 aromatic rings. The standard InChI is InChI=1S/C10H14FNO2/c1-14-8-2-3-9(10(11)4-8)7(5-12)6-13/h2-4,7,13H,5-6,12H2,1H3. The summed E-state index contributed by atoms with van der Waals surface area (Å²) in [5, 5.41) is 8.95. The summed E-state index contributed by atoms with van der Waals surface area (Å²) in [5.41, 5.74) is 5.82. The molecule has 0 amide bonds. The zero-order valence-corrected chi connectivity index (χ0v) is 8.03. The van der Waals surface area contributed by atoms with Crippen LogP contribution in [0.1, 0.15) is 11.5 Å². The van der Waals surface area contributed by atoms with Gasteiger partial charge in [0.25, 0.3) is 0 Å². The summed E-state index contributed by atoms with van der Waals surface area (Å²) < 4.78 is 18.3. The second-order valence-corrected chi connectivity index (χ2v) is 3.00. The first-order chi connectivity index (χ1) is 6.72. The Balaban J connectivity index is 2.98. The Labute approximate surface area is 82.3 Å². The van der Waals surface area contributed by atoms with Crippen LogP contribution in [0.15, 0.2) is 18.2 Å². The van der Waals surface area contributed by atoms with Gasteiger partial charge in [-0.05, 0) is 11.6 Å². The highest BCUT2D eigenvalue weighted by atomic mass is 19.1. The van der Waals surface area contributed by atoms with E-state index in [1.54, 1.807) is 12.1 Å². The molecule has 0 aromatic heterocycles. The fraction of sp³-hybridized carbons (Fsp3) is 0.400. The summed E-state index contributed by atoms with van der Waals surface area (Å²) >= 11 is 0. The van der Waals surface area contributed by atoms with Crippen molar-refractivity contribution >= 4 is 0 Å². The molecule has 1 unspecified atom stereocenters. The van der Waals surface area contributed by atoms with E-state index in [2.05, 4.69) is 0 Å². The molecule has 0 saturated carbocycles. The molecule has 0 spiro atoms. The highest BCUT2D eigenvalue weighted by molar-refractivity contribution is 5.31. The molecular weight excluding hydrogens is 185 g/mol. The molecule has 0 aliphatic carbocycles. The minimum Gasteiger partial charge on any atom is -0.497 e. The van der Waals surface area contributed by atoms with Gasteiger partial charge in [-0.2, -0.15) is 0 Å². The Morgan fingerprint density at radius 2 is 2.29 bits per heavy atom. The van der Waals surface area contributed by atoms with E-state index in [0.29, 0.717) is 11.3 Å². The molecule has 0 fully saturated rings. The minimum absolute atomic E-state index is 0.153. The predicted molar refractivity (Wildman–Crippen MR) is 51.8 cm³/mol. The Morgan fingerprint density at radius 1 is 1.57 bits per heavy atom. The summed E-state index contributed by atoms with van der Waals surface area (Å²) in [6, 6.07) is 4.52. The van der Waals surface area contributed by atoms with Crippen LogP contribution in [0.2, 0.25) is 0 Å². The van der Waals surface area contributed by atoms with Crippen LogP contribution in [0.3, 0.4) is 0 Å². The van der Waals surface area contributed by atoms with Crippen LogP contribution in [0.5, 0.6) is 5.75 Å². The third-order valence-electron chi connectivity index (χ3n) is 2.15. The summed E-state index contributed by atoms with van der Waals surface area (Å²) in [4.78, 5) is 0. The SMILES string of the molecule is COc1ccc(C(CN)CO)c(F)c1. The van der Waals surface area contributed by atoms with Crippen molar-refractivity contribution in [1.82, 2.24) is 0 Å². The molecule has 0 aliphatic rings. The molecule has 0 heterocycles. The van der Waals surface area contributed by atoms with Crippen LogP contribution in [0.25, 0.3) is 0 Å². The third kappa shape index (κ3) is 2.21. The molecule has 0 radical (unpaired) electrons. The van der Waals surface area contributed by atoms with Crippen LogP contribution >= 0.6 is 0 Å². The molecule has 4 heteroatoms.